The second-order valence-electron chi connectivity index (χ2n) is 6.12. The summed E-state index contributed by atoms with van der Waals surface area (Å²) >= 11 is 7.44. The molecule has 0 fully saturated rings. The van der Waals surface area contributed by atoms with Gasteiger partial charge < -0.3 is 9.73 Å². The first kappa shape index (κ1) is 19.5. The molecule has 1 N–H and O–H groups in total. The van der Waals surface area contributed by atoms with Gasteiger partial charge in [0, 0.05) is 10.7 Å². The van der Waals surface area contributed by atoms with Gasteiger partial charge in [0.2, 0.25) is 11.8 Å². The zero-order valence-electron chi connectivity index (χ0n) is 15.2. The second kappa shape index (κ2) is 9.12. The van der Waals surface area contributed by atoms with Crippen LogP contribution < -0.4 is 5.32 Å². The molecule has 0 saturated heterocycles. The standard InChI is InChI=1S/C19H21ClN4O2S/c1-3-10-24(12-17-22-23-19(26-17)16-5-4-11-27-16)13(2)18(25)21-15-8-6-14(20)7-9-15/h4-9,11,13H,3,10,12H2,1-2H3,(H,21,25)/t13-/m0/s1. The second-order valence-corrected chi connectivity index (χ2v) is 7.50. The molecule has 142 valence electrons. The van der Waals surface area contributed by atoms with Crippen LogP contribution in [0.3, 0.4) is 0 Å². The summed E-state index contributed by atoms with van der Waals surface area (Å²) in [6.45, 7) is 5.10. The number of hydrogen-bond acceptors (Lipinski definition) is 6. The predicted molar refractivity (Wildman–Crippen MR) is 108 cm³/mol. The third-order valence-electron chi connectivity index (χ3n) is 4.09. The van der Waals surface area contributed by atoms with E-state index in [0.717, 1.165) is 17.8 Å². The molecule has 27 heavy (non-hydrogen) atoms. The maximum Gasteiger partial charge on any atom is 0.257 e. The molecule has 0 saturated carbocycles. The van der Waals surface area contributed by atoms with Gasteiger partial charge in [0.25, 0.3) is 5.89 Å². The maximum atomic E-state index is 12.6. The quantitative estimate of drug-likeness (QED) is 0.589. The largest absolute Gasteiger partial charge is 0.419 e. The molecule has 3 rings (SSSR count). The first-order valence-corrected chi connectivity index (χ1v) is 9.99. The van der Waals surface area contributed by atoms with Crippen molar-refractivity contribution in [3.63, 3.8) is 0 Å². The highest BCUT2D eigenvalue weighted by molar-refractivity contribution is 7.13. The molecule has 2 heterocycles. The van der Waals surface area contributed by atoms with E-state index in [1.165, 1.54) is 0 Å². The van der Waals surface area contributed by atoms with Crippen LogP contribution >= 0.6 is 22.9 Å². The van der Waals surface area contributed by atoms with Gasteiger partial charge in [-0.25, -0.2) is 0 Å². The Kier molecular flexibility index (Phi) is 6.60. The number of anilines is 1. The Morgan fingerprint density at radius 1 is 1.30 bits per heavy atom. The Morgan fingerprint density at radius 3 is 2.74 bits per heavy atom. The van der Waals surface area contributed by atoms with Gasteiger partial charge in [0.05, 0.1) is 17.5 Å². The van der Waals surface area contributed by atoms with Crippen molar-refractivity contribution in [2.24, 2.45) is 0 Å². The Labute approximate surface area is 167 Å². The highest BCUT2D eigenvalue weighted by Crippen LogP contribution is 2.23. The number of halogens is 1. The summed E-state index contributed by atoms with van der Waals surface area (Å²) in [6, 6.07) is 10.6. The highest BCUT2D eigenvalue weighted by atomic mass is 35.5. The Morgan fingerprint density at radius 2 is 2.07 bits per heavy atom. The average molecular weight is 405 g/mol. The smallest absolute Gasteiger partial charge is 0.257 e. The summed E-state index contributed by atoms with van der Waals surface area (Å²) in [5.74, 6) is 0.913. The number of amides is 1. The number of carbonyl (C=O) groups is 1. The van der Waals surface area contributed by atoms with Crippen LogP contribution in [-0.2, 0) is 11.3 Å². The number of rotatable bonds is 8. The molecular formula is C19H21ClN4O2S. The van der Waals surface area contributed by atoms with E-state index < -0.39 is 0 Å². The number of thiophene rings is 1. The summed E-state index contributed by atoms with van der Waals surface area (Å²) in [6.07, 6.45) is 0.907. The monoisotopic (exact) mass is 404 g/mol. The topological polar surface area (TPSA) is 71.3 Å². The van der Waals surface area contributed by atoms with Crippen molar-refractivity contribution in [1.29, 1.82) is 0 Å². The maximum absolute atomic E-state index is 12.6. The van der Waals surface area contributed by atoms with Gasteiger partial charge >= 0.3 is 0 Å². The minimum Gasteiger partial charge on any atom is -0.419 e. The van der Waals surface area contributed by atoms with Gasteiger partial charge in [0.15, 0.2) is 0 Å². The van der Waals surface area contributed by atoms with E-state index >= 15 is 0 Å². The molecule has 3 aromatic rings. The fourth-order valence-electron chi connectivity index (χ4n) is 2.63. The minimum absolute atomic E-state index is 0.0937. The third kappa shape index (κ3) is 5.15. The van der Waals surface area contributed by atoms with E-state index in [2.05, 4.69) is 22.4 Å². The lowest BCUT2D eigenvalue weighted by molar-refractivity contribution is -0.121. The van der Waals surface area contributed by atoms with Gasteiger partial charge in [-0.2, -0.15) is 0 Å². The van der Waals surface area contributed by atoms with Crippen LogP contribution in [0, 0.1) is 0 Å². The molecule has 0 aliphatic heterocycles. The van der Waals surface area contributed by atoms with Crippen LogP contribution in [0.1, 0.15) is 26.2 Å². The summed E-state index contributed by atoms with van der Waals surface area (Å²) < 4.78 is 5.77. The summed E-state index contributed by atoms with van der Waals surface area (Å²) in [4.78, 5) is 15.6. The van der Waals surface area contributed by atoms with Crippen molar-refractivity contribution in [2.45, 2.75) is 32.9 Å². The van der Waals surface area contributed by atoms with Crippen molar-refractivity contribution in [3.05, 3.63) is 52.7 Å². The SMILES string of the molecule is CCCN(Cc1nnc(-c2cccs2)o1)[C@@H](C)C(=O)Nc1ccc(Cl)cc1. The Bertz CT molecular complexity index is 864. The van der Waals surface area contributed by atoms with Crippen LogP contribution in [-0.4, -0.2) is 33.6 Å². The van der Waals surface area contributed by atoms with E-state index in [1.807, 2.05) is 29.3 Å². The molecule has 0 spiro atoms. The van der Waals surface area contributed by atoms with Crippen molar-refractivity contribution < 1.29 is 9.21 Å². The number of benzene rings is 1. The minimum atomic E-state index is -0.349. The fourth-order valence-corrected chi connectivity index (χ4v) is 3.40. The van der Waals surface area contributed by atoms with Crippen LogP contribution in [0.15, 0.2) is 46.2 Å². The summed E-state index contributed by atoms with van der Waals surface area (Å²) in [5.41, 5.74) is 0.713. The number of hydrogen-bond donors (Lipinski definition) is 1. The fraction of sp³-hybridized carbons (Fsp3) is 0.316. The lowest BCUT2D eigenvalue weighted by atomic mass is 10.2. The molecule has 1 amide bonds. The van der Waals surface area contributed by atoms with E-state index in [0.29, 0.717) is 29.0 Å². The van der Waals surface area contributed by atoms with Gasteiger partial charge in [-0.05, 0) is 55.6 Å². The number of nitrogens with one attached hydrogen (secondary N) is 1. The van der Waals surface area contributed by atoms with Crippen LogP contribution in [0.4, 0.5) is 5.69 Å². The highest BCUT2D eigenvalue weighted by Gasteiger charge is 2.23. The number of nitrogens with zero attached hydrogens (tertiary/aromatic N) is 3. The van der Waals surface area contributed by atoms with Crippen LogP contribution in [0.25, 0.3) is 10.8 Å². The first-order chi connectivity index (χ1) is 13.1. The molecule has 0 unspecified atom stereocenters. The third-order valence-corrected chi connectivity index (χ3v) is 5.20. The molecule has 8 heteroatoms. The molecular weight excluding hydrogens is 384 g/mol. The van der Waals surface area contributed by atoms with E-state index in [9.17, 15) is 4.79 Å². The molecule has 0 radical (unpaired) electrons. The molecule has 1 aromatic carbocycles. The molecule has 0 aliphatic rings. The summed E-state index contributed by atoms with van der Waals surface area (Å²) in [5, 5.41) is 13.7. The van der Waals surface area contributed by atoms with E-state index in [-0.39, 0.29) is 11.9 Å². The molecule has 1 atom stereocenters. The van der Waals surface area contributed by atoms with Crippen molar-refractivity contribution in [1.82, 2.24) is 15.1 Å². The van der Waals surface area contributed by atoms with Gasteiger partial charge in [0.1, 0.15) is 0 Å². The van der Waals surface area contributed by atoms with Crippen molar-refractivity contribution >= 4 is 34.5 Å². The zero-order valence-corrected chi connectivity index (χ0v) is 16.8. The molecule has 6 nitrogen and oxygen atoms in total. The predicted octanol–water partition coefficient (Wildman–Crippen LogP) is 4.69. The summed E-state index contributed by atoms with van der Waals surface area (Å²) in [7, 11) is 0. The number of aromatic nitrogens is 2. The average Bonchev–Trinajstić information content (AvgIpc) is 3.34. The van der Waals surface area contributed by atoms with Crippen molar-refractivity contribution in [3.8, 4) is 10.8 Å². The molecule has 0 bridgehead atoms. The van der Waals surface area contributed by atoms with Gasteiger partial charge in [-0.3, -0.25) is 9.69 Å². The first-order valence-electron chi connectivity index (χ1n) is 8.73. The van der Waals surface area contributed by atoms with E-state index in [4.69, 9.17) is 16.0 Å². The molecule has 0 aliphatic carbocycles. The van der Waals surface area contributed by atoms with E-state index in [1.54, 1.807) is 35.6 Å². The number of carbonyl (C=O) groups excluding carboxylic acids is 1. The zero-order chi connectivity index (χ0) is 19.2. The normalized spacial score (nSPS) is 12.3. The van der Waals surface area contributed by atoms with Crippen LogP contribution in [0.2, 0.25) is 5.02 Å². The van der Waals surface area contributed by atoms with Crippen LogP contribution in [0.5, 0.6) is 0 Å². The van der Waals surface area contributed by atoms with Crippen molar-refractivity contribution in [2.75, 3.05) is 11.9 Å². The van der Waals surface area contributed by atoms with Gasteiger partial charge in [-0.1, -0.05) is 24.6 Å². The molecule has 2 aromatic heterocycles. The Hall–Kier alpha value is -2.22. The lowest BCUT2D eigenvalue weighted by Gasteiger charge is -2.26. The Balaban J connectivity index is 1.66. The van der Waals surface area contributed by atoms with Gasteiger partial charge in [-0.15, -0.1) is 21.5 Å². The lowest BCUT2D eigenvalue weighted by Crippen LogP contribution is -2.42.